The minimum atomic E-state index is -0.728. The Bertz CT molecular complexity index is 1340. The van der Waals surface area contributed by atoms with Crippen LogP contribution >= 0.6 is 23.2 Å². The second-order valence-corrected chi connectivity index (χ2v) is 12.6. The Morgan fingerprint density at radius 1 is 1.10 bits per heavy atom. The molecule has 9 nitrogen and oxygen atoms in total. The fraction of sp³-hybridized carbons (Fsp3) is 0.484. The van der Waals surface area contributed by atoms with Gasteiger partial charge in [0.1, 0.15) is 5.76 Å². The van der Waals surface area contributed by atoms with E-state index >= 15 is 0 Å². The van der Waals surface area contributed by atoms with Crippen LogP contribution in [0.3, 0.4) is 0 Å². The molecule has 1 N–H and O–H groups in total. The van der Waals surface area contributed by atoms with Crippen molar-refractivity contribution in [2.75, 3.05) is 46.3 Å². The maximum Gasteiger partial charge on any atom is 0.303 e. The molecule has 1 aromatic heterocycles. The van der Waals surface area contributed by atoms with Crippen molar-refractivity contribution in [3.8, 4) is 17.1 Å². The van der Waals surface area contributed by atoms with Gasteiger partial charge in [0.05, 0.1) is 11.9 Å². The third kappa shape index (κ3) is 7.89. The second kappa shape index (κ2) is 13.5. The fourth-order valence-corrected chi connectivity index (χ4v) is 6.89. The molecule has 3 aliphatic rings. The summed E-state index contributed by atoms with van der Waals surface area (Å²) in [5.41, 5.74) is 2.52. The first kappa shape index (κ1) is 30.5. The standard InChI is InChI=1S/C31H38Cl2N6O3/c1-20(14-35-31(34-2)39-18-24-16-37(3)17-25(24)19-39)42-29-9-22(15-38-6-4-21(5-7-38)10-30(40)41)8-28(36-29)23-11-26(32)13-27(33)12-23/h8-9,11-14,21,24-25H,2,4-7,10,15-19H2,1,3H3,(H,40,41)/b20-14+,35-31+. The summed E-state index contributed by atoms with van der Waals surface area (Å²) in [7, 11) is 2.17. The number of carboxylic acids is 1. The quantitative estimate of drug-likeness (QED) is 0.238. The molecule has 224 valence electrons. The maximum absolute atomic E-state index is 11.1. The molecule has 11 heteroatoms. The largest absolute Gasteiger partial charge is 0.481 e. The van der Waals surface area contributed by atoms with E-state index < -0.39 is 5.97 Å². The zero-order chi connectivity index (χ0) is 29.8. The van der Waals surface area contributed by atoms with Crippen molar-refractivity contribution < 1.29 is 14.6 Å². The van der Waals surface area contributed by atoms with Crippen molar-refractivity contribution in [2.24, 2.45) is 27.7 Å². The number of aliphatic carboxylic acids is 1. The van der Waals surface area contributed by atoms with Crippen LogP contribution in [0, 0.1) is 17.8 Å². The first-order valence-electron chi connectivity index (χ1n) is 14.4. The zero-order valence-corrected chi connectivity index (χ0v) is 25.7. The number of ether oxygens (including phenoxy) is 1. The Morgan fingerprint density at radius 2 is 1.76 bits per heavy atom. The van der Waals surface area contributed by atoms with Crippen LogP contribution in [0.25, 0.3) is 11.3 Å². The Kier molecular flexibility index (Phi) is 9.83. The molecule has 2 unspecified atom stereocenters. The minimum Gasteiger partial charge on any atom is -0.481 e. The van der Waals surface area contributed by atoms with Crippen molar-refractivity contribution >= 4 is 41.8 Å². The Hall–Kier alpha value is -2.98. The van der Waals surface area contributed by atoms with Gasteiger partial charge in [-0.15, -0.1) is 0 Å². The van der Waals surface area contributed by atoms with E-state index in [1.165, 1.54) is 0 Å². The zero-order valence-electron chi connectivity index (χ0n) is 24.2. The number of likely N-dealkylation sites (tertiary alicyclic amines) is 3. The Balaban J connectivity index is 1.33. The van der Waals surface area contributed by atoms with Gasteiger partial charge in [0.2, 0.25) is 11.8 Å². The predicted molar refractivity (Wildman–Crippen MR) is 167 cm³/mol. The summed E-state index contributed by atoms with van der Waals surface area (Å²) in [6, 6.07) is 9.32. The van der Waals surface area contributed by atoms with E-state index in [2.05, 4.69) is 38.4 Å². The molecule has 0 radical (unpaired) electrons. The van der Waals surface area contributed by atoms with Gasteiger partial charge in [-0.3, -0.25) is 9.69 Å². The average molecular weight is 614 g/mol. The van der Waals surface area contributed by atoms with Crippen molar-refractivity contribution in [2.45, 2.75) is 32.7 Å². The molecule has 3 aliphatic heterocycles. The van der Waals surface area contributed by atoms with Crippen LogP contribution in [-0.2, 0) is 11.3 Å². The lowest BCUT2D eigenvalue weighted by molar-refractivity contribution is -0.138. The first-order chi connectivity index (χ1) is 20.1. The van der Waals surface area contributed by atoms with Gasteiger partial charge in [-0.25, -0.2) is 15.0 Å². The number of aromatic nitrogens is 1. The fourth-order valence-electron chi connectivity index (χ4n) is 6.36. The SMILES string of the molecule is C=N/C(=N\C=C(/C)Oc1cc(CN2CCC(CC(=O)O)CC2)cc(-c2cc(Cl)cc(Cl)c2)n1)N1CC2CN(C)CC2C1. The van der Waals surface area contributed by atoms with Gasteiger partial charge in [-0.2, -0.15) is 0 Å². The number of fused-ring (bicyclic) bond motifs is 1. The van der Waals surface area contributed by atoms with E-state index in [-0.39, 0.29) is 12.3 Å². The number of halogens is 2. The summed E-state index contributed by atoms with van der Waals surface area (Å²) in [5.74, 6) is 2.39. The van der Waals surface area contributed by atoms with Crippen LogP contribution in [0.2, 0.25) is 10.0 Å². The van der Waals surface area contributed by atoms with Crippen molar-refractivity contribution in [1.29, 1.82) is 0 Å². The number of guanidine groups is 1. The molecule has 2 aromatic rings. The lowest BCUT2D eigenvalue weighted by atomic mass is 9.93. The molecule has 0 aliphatic carbocycles. The summed E-state index contributed by atoms with van der Waals surface area (Å²) < 4.78 is 6.18. The number of allylic oxidation sites excluding steroid dienone is 1. The topological polar surface area (TPSA) is 93.9 Å². The highest BCUT2D eigenvalue weighted by Crippen LogP contribution is 2.32. The summed E-state index contributed by atoms with van der Waals surface area (Å²) in [6.07, 6.45) is 3.63. The van der Waals surface area contributed by atoms with Gasteiger partial charge in [-0.1, -0.05) is 23.2 Å². The number of pyridine rings is 1. The highest BCUT2D eigenvalue weighted by Gasteiger charge is 2.39. The van der Waals surface area contributed by atoms with Gasteiger partial charge in [0.25, 0.3) is 0 Å². The monoisotopic (exact) mass is 612 g/mol. The Morgan fingerprint density at radius 3 is 2.38 bits per heavy atom. The molecular weight excluding hydrogens is 575 g/mol. The third-order valence-corrected chi connectivity index (χ3v) is 8.75. The number of hydrogen-bond acceptors (Lipinski definition) is 6. The van der Waals surface area contributed by atoms with Gasteiger partial charge < -0.3 is 19.6 Å². The predicted octanol–water partition coefficient (Wildman–Crippen LogP) is 5.53. The van der Waals surface area contributed by atoms with Crippen LogP contribution < -0.4 is 4.74 Å². The van der Waals surface area contributed by atoms with Crippen LogP contribution in [-0.4, -0.2) is 89.8 Å². The lowest BCUT2D eigenvalue weighted by Gasteiger charge is -2.31. The second-order valence-electron chi connectivity index (χ2n) is 11.7. The molecule has 3 fully saturated rings. The van der Waals surface area contributed by atoms with Gasteiger partial charge >= 0.3 is 5.97 Å². The van der Waals surface area contributed by atoms with Crippen LogP contribution in [0.15, 0.2) is 52.3 Å². The molecule has 1 aromatic carbocycles. The summed E-state index contributed by atoms with van der Waals surface area (Å²) >= 11 is 12.6. The minimum absolute atomic E-state index is 0.226. The number of hydrogen-bond donors (Lipinski definition) is 1. The molecule has 0 saturated carbocycles. The molecule has 2 atom stereocenters. The smallest absolute Gasteiger partial charge is 0.303 e. The van der Waals surface area contributed by atoms with Gasteiger partial charge in [-0.05, 0) is 94.2 Å². The molecule has 42 heavy (non-hydrogen) atoms. The Labute approximate surface area is 257 Å². The summed E-state index contributed by atoms with van der Waals surface area (Å²) in [4.78, 5) is 31.6. The molecule has 4 heterocycles. The van der Waals surface area contributed by atoms with Crippen molar-refractivity contribution in [1.82, 2.24) is 19.7 Å². The van der Waals surface area contributed by atoms with E-state index in [4.69, 9.17) is 38.0 Å². The maximum atomic E-state index is 11.1. The number of carboxylic acid groups (broad SMARTS) is 1. The molecule has 0 spiro atoms. The summed E-state index contributed by atoms with van der Waals surface area (Å²) in [6.45, 7) is 12.0. The normalized spacial score (nSPS) is 22.4. The molecule has 0 bridgehead atoms. The highest BCUT2D eigenvalue weighted by atomic mass is 35.5. The van der Waals surface area contributed by atoms with Gasteiger partial charge in [0, 0.05) is 60.8 Å². The van der Waals surface area contributed by atoms with Crippen LogP contribution in [0.1, 0.15) is 31.7 Å². The molecule has 5 rings (SSSR count). The van der Waals surface area contributed by atoms with Crippen molar-refractivity contribution in [3.63, 3.8) is 0 Å². The number of benzene rings is 1. The lowest BCUT2D eigenvalue weighted by Crippen LogP contribution is -2.33. The van der Waals surface area contributed by atoms with Crippen molar-refractivity contribution in [3.05, 3.63) is 57.9 Å². The van der Waals surface area contributed by atoms with E-state index in [1.54, 1.807) is 12.3 Å². The molecule has 0 amide bonds. The van der Waals surface area contributed by atoms with E-state index in [0.717, 1.165) is 63.2 Å². The number of nitrogens with zero attached hydrogens (tertiary/aromatic N) is 6. The van der Waals surface area contributed by atoms with Crippen LogP contribution in [0.5, 0.6) is 5.88 Å². The molecule has 3 saturated heterocycles. The number of piperidine rings is 1. The van der Waals surface area contributed by atoms with E-state index in [9.17, 15) is 4.79 Å². The van der Waals surface area contributed by atoms with Crippen LogP contribution in [0.4, 0.5) is 0 Å². The van der Waals surface area contributed by atoms with E-state index in [0.29, 0.717) is 51.7 Å². The first-order valence-corrected chi connectivity index (χ1v) is 15.1. The third-order valence-electron chi connectivity index (χ3n) is 8.32. The number of aliphatic imine (C=N–C) groups is 2. The highest BCUT2D eigenvalue weighted by molar-refractivity contribution is 6.35. The number of rotatable bonds is 8. The van der Waals surface area contributed by atoms with Gasteiger partial charge in [0.15, 0.2) is 0 Å². The van der Waals surface area contributed by atoms with E-state index in [1.807, 2.05) is 31.2 Å². The average Bonchev–Trinajstić information content (AvgIpc) is 3.47. The number of carbonyl (C=O) groups is 1. The molecular formula is C31H38Cl2N6O3. The summed E-state index contributed by atoms with van der Waals surface area (Å²) in [5, 5.41) is 10.2.